The van der Waals surface area contributed by atoms with Gasteiger partial charge in [-0.2, -0.15) is 5.26 Å². The van der Waals surface area contributed by atoms with E-state index in [1.54, 1.807) is 6.92 Å². The van der Waals surface area contributed by atoms with E-state index in [2.05, 4.69) is 22.0 Å². The maximum Gasteiger partial charge on any atom is 0.310 e. The zero-order valence-electron chi connectivity index (χ0n) is 9.70. The van der Waals surface area contributed by atoms with Crippen LogP contribution in [0.2, 0.25) is 0 Å². The van der Waals surface area contributed by atoms with Gasteiger partial charge < -0.3 is 4.74 Å². The van der Waals surface area contributed by atoms with Crippen molar-refractivity contribution in [1.29, 1.82) is 5.26 Å². The van der Waals surface area contributed by atoms with E-state index in [0.29, 0.717) is 19.4 Å². The molecule has 0 aliphatic carbocycles. The van der Waals surface area contributed by atoms with Crippen LogP contribution >= 0.6 is 15.9 Å². The van der Waals surface area contributed by atoms with Crippen LogP contribution in [0.1, 0.15) is 24.5 Å². The first-order valence-corrected chi connectivity index (χ1v) is 6.26. The lowest BCUT2D eigenvalue weighted by molar-refractivity contribution is -0.142. The van der Waals surface area contributed by atoms with E-state index in [-0.39, 0.29) is 12.4 Å². The number of benzene rings is 1. The van der Waals surface area contributed by atoms with E-state index >= 15 is 0 Å². The third-order valence-electron chi connectivity index (χ3n) is 2.20. The van der Waals surface area contributed by atoms with Crippen molar-refractivity contribution < 1.29 is 9.53 Å². The second kappa shape index (κ2) is 7.08. The zero-order chi connectivity index (χ0) is 12.7. The molecule has 17 heavy (non-hydrogen) atoms. The Hall–Kier alpha value is -1.34. The van der Waals surface area contributed by atoms with Gasteiger partial charge >= 0.3 is 5.97 Å². The van der Waals surface area contributed by atoms with Crippen LogP contribution in [0.15, 0.2) is 22.7 Å². The molecule has 0 atom stereocenters. The first kappa shape index (κ1) is 13.7. The molecule has 4 heteroatoms. The fourth-order valence-corrected chi connectivity index (χ4v) is 2.13. The lowest BCUT2D eigenvalue weighted by atomic mass is 10.0. The summed E-state index contributed by atoms with van der Waals surface area (Å²) in [6, 6.07) is 7.91. The van der Waals surface area contributed by atoms with Gasteiger partial charge in [0.15, 0.2) is 0 Å². The molecule has 0 bridgehead atoms. The summed E-state index contributed by atoms with van der Waals surface area (Å²) in [5, 5.41) is 8.55. The van der Waals surface area contributed by atoms with Crippen LogP contribution in [-0.4, -0.2) is 12.6 Å². The van der Waals surface area contributed by atoms with Gasteiger partial charge in [-0.15, -0.1) is 0 Å². The lowest BCUT2D eigenvalue weighted by Crippen LogP contribution is -2.07. The van der Waals surface area contributed by atoms with Crippen molar-refractivity contribution in [3.63, 3.8) is 0 Å². The SMILES string of the molecule is CCOC(=O)Cc1cc(Br)cc(CCC#N)c1. The van der Waals surface area contributed by atoms with E-state index in [0.717, 1.165) is 15.6 Å². The summed E-state index contributed by atoms with van der Waals surface area (Å²) in [6.45, 7) is 2.19. The van der Waals surface area contributed by atoms with E-state index in [4.69, 9.17) is 10.00 Å². The van der Waals surface area contributed by atoms with E-state index in [1.807, 2.05) is 18.2 Å². The molecule has 0 saturated carbocycles. The fraction of sp³-hybridized carbons (Fsp3) is 0.385. The minimum absolute atomic E-state index is 0.225. The molecule has 0 heterocycles. The summed E-state index contributed by atoms with van der Waals surface area (Å²) in [7, 11) is 0. The topological polar surface area (TPSA) is 50.1 Å². The Morgan fingerprint density at radius 1 is 1.41 bits per heavy atom. The largest absolute Gasteiger partial charge is 0.466 e. The van der Waals surface area contributed by atoms with Crippen LogP contribution < -0.4 is 0 Å². The standard InChI is InChI=1S/C13H14BrNO2/c1-2-17-13(16)9-11-6-10(4-3-5-15)7-12(14)8-11/h6-8H,2-4,9H2,1H3. The summed E-state index contributed by atoms with van der Waals surface area (Å²) in [5.41, 5.74) is 1.96. The summed E-state index contributed by atoms with van der Waals surface area (Å²) in [6.07, 6.45) is 1.45. The Morgan fingerprint density at radius 2 is 2.12 bits per heavy atom. The van der Waals surface area contributed by atoms with E-state index in [1.165, 1.54) is 0 Å². The van der Waals surface area contributed by atoms with Gasteiger partial charge in [0.25, 0.3) is 0 Å². The molecule has 90 valence electrons. The number of nitriles is 1. The molecule has 0 spiro atoms. The lowest BCUT2D eigenvalue weighted by Gasteiger charge is -2.05. The van der Waals surface area contributed by atoms with Gasteiger partial charge in [0, 0.05) is 10.9 Å². The van der Waals surface area contributed by atoms with Gasteiger partial charge in [0.05, 0.1) is 19.1 Å². The van der Waals surface area contributed by atoms with E-state index < -0.39 is 0 Å². The summed E-state index contributed by atoms with van der Waals surface area (Å²) >= 11 is 3.40. The van der Waals surface area contributed by atoms with Crippen LogP contribution in [0, 0.1) is 11.3 Å². The second-order valence-electron chi connectivity index (χ2n) is 3.61. The summed E-state index contributed by atoms with van der Waals surface area (Å²) < 4.78 is 5.82. The highest BCUT2D eigenvalue weighted by molar-refractivity contribution is 9.10. The van der Waals surface area contributed by atoms with Crippen LogP contribution in [-0.2, 0) is 22.4 Å². The number of carbonyl (C=O) groups excluding carboxylic acids is 1. The second-order valence-corrected chi connectivity index (χ2v) is 4.52. The molecule has 0 N–H and O–H groups in total. The average molecular weight is 296 g/mol. The third-order valence-corrected chi connectivity index (χ3v) is 2.65. The summed E-state index contributed by atoms with van der Waals surface area (Å²) in [4.78, 5) is 11.4. The molecular formula is C13H14BrNO2. The highest BCUT2D eigenvalue weighted by atomic mass is 79.9. The molecular weight excluding hydrogens is 282 g/mol. The summed E-state index contributed by atoms with van der Waals surface area (Å²) in [5.74, 6) is -0.225. The van der Waals surface area contributed by atoms with Crippen molar-refractivity contribution in [3.05, 3.63) is 33.8 Å². The number of carbonyl (C=O) groups is 1. The number of hydrogen-bond donors (Lipinski definition) is 0. The number of rotatable bonds is 5. The average Bonchev–Trinajstić information content (AvgIpc) is 2.25. The monoisotopic (exact) mass is 295 g/mol. The molecule has 0 amide bonds. The minimum Gasteiger partial charge on any atom is -0.466 e. The van der Waals surface area contributed by atoms with Crippen molar-refractivity contribution in [3.8, 4) is 6.07 Å². The number of ether oxygens (including phenoxy) is 1. The predicted molar refractivity (Wildman–Crippen MR) is 68.4 cm³/mol. The molecule has 3 nitrogen and oxygen atoms in total. The maximum absolute atomic E-state index is 11.4. The van der Waals surface area contributed by atoms with Gasteiger partial charge in [-0.05, 0) is 36.6 Å². The Morgan fingerprint density at radius 3 is 2.76 bits per heavy atom. The molecule has 0 saturated heterocycles. The fourth-order valence-electron chi connectivity index (χ4n) is 1.54. The number of nitrogens with zero attached hydrogens (tertiary/aromatic N) is 1. The van der Waals surface area contributed by atoms with E-state index in [9.17, 15) is 4.79 Å². The first-order valence-electron chi connectivity index (χ1n) is 5.46. The molecule has 1 rings (SSSR count). The highest BCUT2D eigenvalue weighted by Gasteiger charge is 2.06. The maximum atomic E-state index is 11.4. The first-order chi connectivity index (χ1) is 8.15. The Bertz CT molecular complexity index is 438. The number of hydrogen-bond acceptors (Lipinski definition) is 3. The van der Waals surface area contributed by atoms with Crippen LogP contribution in [0.4, 0.5) is 0 Å². The van der Waals surface area contributed by atoms with Crippen molar-refractivity contribution in [2.75, 3.05) is 6.61 Å². The third kappa shape index (κ3) is 5.01. The van der Waals surface area contributed by atoms with Gasteiger partial charge in [-0.25, -0.2) is 0 Å². The number of esters is 1. The van der Waals surface area contributed by atoms with Crippen molar-refractivity contribution >= 4 is 21.9 Å². The van der Waals surface area contributed by atoms with Crippen LogP contribution in [0.25, 0.3) is 0 Å². The molecule has 0 aliphatic heterocycles. The normalized spacial score (nSPS) is 9.71. The highest BCUT2D eigenvalue weighted by Crippen LogP contribution is 2.17. The Labute approximate surface area is 110 Å². The molecule has 1 aromatic carbocycles. The van der Waals surface area contributed by atoms with Crippen molar-refractivity contribution in [1.82, 2.24) is 0 Å². The Kier molecular flexibility index (Phi) is 5.71. The minimum atomic E-state index is -0.225. The predicted octanol–water partition coefficient (Wildman–Crippen LogP) is 3.01. The zero-order valence-corrected chi connectivity index (χ0v) is 11.3. The number of halogens is 1. The van der Waals surface area contributed by atoms with Gasteiger partial charge in [0.2, 0.25) is 0 Å². The van der Waals surface area contributed by atoms with Crippen molar-refractivity contribution in [2.24, 2.45) is 0 Å². The van der Waals surface area contributed by atoms with Gasteiger partial charge in [-0.1, -0.05) is 22.0 Å². The van der Waals surface area contributed by atoms with Crippen molar-refractivity contribution in [2.45, 2.75) is 26.2 Å². The molecule has 0 fully saturated rings. The number of aryl methyl sites for hydroxylation is 1. The molecule has 1 aromatic rings. The van der Waals surface area contributed by atoms with Crippen LogP contribution in [0.3, 0.4) is 0 Å². The Balaban J connectivity index is 2.75. The quantitative estimate of drug-likeness (QED) is 0.785. The van der Waals surface area contributed by atoms with Crippen LogP contribution in [0.5, 0.6) is 0 Å². The molecule has 0 aromatic heterocycles. The van der Waals surface area contributed by atoms with Gasteiger partial charge in [-0.3, -0.25) is 4.79 Å². The van der Waals surface area contributed by atoms with Gasteiger partial charge in [0.1, 0.15) is 0 Å². The molecule has 0 unspecified atom stereocenters. The molecule has 0 radical (unpaired) electrons. The smallest absolute Gasteiger partial charge is 0.310 e. The molecule has 0 aliphatic rings.